The van der Waals surface area contributed by atoms with E-state index in [-0.39, 0.29) is 32.7 Å². The van der Waals surface area contributed by atoms with Crippen LogP contribution in [0.2, 0.25) is 0 Å². The van der Waals surface area contributed by atoms with E-state index >= 15 is 0 Å². The van der Waals surface area contributed by atoms with E-state index in [9.17, 15) is 0 Å². The number of aryl methyl sites for hydroxylation is 2. The average molecular weight is 268 g/mol. The molecule has 1 aromatic rings. The summed E-state index contributed by atoms with van der Waals surface area (Å²) in [5.41, 5.74) is 2.40. The predicted octanol–water partition coefficient (Wildman–Crippen LogP) is 1.57. The van der Waals surface area contributed by atoms with Crippen molar-refractivity contribution < 1.29 is 37.4 Å². The molecule has 0 saturated carbocycles. The smallest absolute Gasteiger partial charge is 0.0883 e. The molecule has 1 radical (unpaired) electrons. The first kappa shape index (κ1) is 12.3. The largest absolute Gasteiger partial charge is 0.407 e. The molecule has 2 heterocycles. The summed E-state index contributed by atoms with van der Waals surface area (Å²) in [6.07, 6.45) is 3.71. The normalized spacial score (nSPS) is 14.6. The van der Waals surface area contributed by atoms with Gasteiger partial charge in [-0.15, -0.1) is 0 Å². The van der Waals surface area contributed by atoms with E-state index in [0.29, 0.717) is 13.2 Å². The first-order chi connectivity index (χ1) is 6.40. The van der Waals surface area contributed by atoms with Gasteiger partial charge >= 0.3 is 0 Å². The molecular formula is C10H15N2OY-. The Hall–Kier alpha value is 0.274. The van der Waals surface area contributed by atoms with Crippen LogP contribution in [0.4, 0.5) is 0 Å². The molecule has 0 bridgehead atoms. The Balaban J connectivity index is 0.000000980. The number of nitrogens with zero attached hydrogens (tertiary/aromatic N) is 2. The van der Waals surface area contributed by atoms with Crippen molar-refractivity contribution in [3.8, 4) is 0 Å². The summed E-state index contributed by atoms with van der Waals surface area (Å²) in [4.78, 5) is 0. The van der Waals surface area contributed by atoms with E-state index in [1.54, 1.807) is 0 Å². The number of aromatic nitrogens is 2. The van der Waals surface area contributed by atoms with Crippen molar-refractivity contribution in [3.63, 3.8) is 0 Å². The molecule has 0 fully saturated rings. The minimum atomic E-state index is 0. The number of fused-ring (bicyclic) bond motifs is 1. The van der Waals surface area contributed by atoms with Crippen LogP contribution in [0.3, 0.4) is 0 Å². The van der Waals surface area contributed by atoms with Crippen LogP contribution in [-0.4, -0.2) is 16.4 Å². The molecule has 2 rings (SSSR count). The summed E-state index contributed by atoms with van der Waals surface area (Å²) in [5, 5.41) is 4.45. The summed E-state index contributed by atoms with van der Waals surface area (Å²) in [6.45, 7) is 5.81. The van der Waals surface area contributed by atoms with Crippen LogP contribution in [-0.2, 0) is 57.0 Å². The number of hydrogen-bond acceptors (Lipinski definition) is 2. The van der Waals surface area contributed by atoms with E-state index in [1.165, 1.54) is 18.5 Å². The van der Waals surface area contributed by atoms with Crippen LogP contribution in [0, 0.1) is 6.92 Å². The van der Waals surface area contributed by atoms with Crippen LogP contribution < -0.4 is 0 Å². The van der Waals surface area contributed by atoms with E-state index in [2.05, 4.69) is 22.8 Å². The van der Waals surface area contributed by atoms with E-state index in [0.717, 1.165) is 18.7 Å². The van der Waals surface area contributed by atoms with E-state index in [1.807, 2.05) is 0 Å². The molecule has 1 aliphatic heterocycles. The third kappa shape index (κ3) is 2.88. The number of hydrogen-bond donors (Lipinski definition) is 0. The second kappa shape index (κ2) is 5.99. The molecule has 1 aromatic heterocycles. The maximum Gasteiger partial charge on any atom is 0.0883 e. The van der Waals surface area contributed by atoms with Gasteiger partial charge in [0.2, 0.25) is 0 Å². The Labute approximate surface area is 110 Å². The molecule has 0 amide bonds. The van der Waals surface area contributed by atoms with Gasteiger partial charge in [0.15, 0.2) is 0 Å². The fraction of sp³-hybridized carbons (Fsp3) is 0.600. The van der Waals surface area contributed by atoms with E-state index in [4.69, 9.17) is 4.74 Å². The van der Waals surface area contributed by atoms with Crippen molar-refractivity contribution in [1.82, 2.24) is 9.78 Å². The van der Waals surface area contributed by atoms with Crippen LogP contribution in [0.1, 0.15) is 24.2 Å². The molecular weight excluding hydrogens is 253 g/mol. The fourth-order valence-electron chi connectivity index (χ4n) is 1.72. The molecule has 0 aromatic carbocycles. The zero-order valence-corrected chi connectivity index (χ0v) is 11.2. The van der Waals surface area contributed by atoms with Gasteiger partial charge in [-0.3, -0.25) is 4.68 Å². The topological polar surface area (TPSA) is 27.1 Å². The zero-order valence-electron chi connectivity index (χ0n) is 8.41. The van der Waals surface area contributed by atoms with E-state index < -0.39 is 0 Å². The zero-order chi connectivity index (χ0) is 9.10. The van der Waals surface area contributed by atoms with Gasteiger partial charge < -0.3 is 11.7 Å². The average Bonchev–Trinajstić information content (AvgIpc) is 2.57. The quantitative estimate of drug-likeness (QED) is 0.778. The molecule has 0 unspecified atom stereocenters. The summed E-state index contributed by atoms with van der Waals surface area (Å²) in [7, 11) is 0. The van der Waals surface area contributed by atoms with Gasteiger partial charge in [-0.05, 0) is 25.3 Å². The molecule has 3 nitrogen and oxygen atoms in total. The van der Waals surface area contributed by atoms with Gasteiger partial charge in [-0.25, -0.2) is 0 Å². The first-order valence-corrected chi connectivity index (χ1v) is 4.83. The Kier molecular flexibility index (Phi) is 5.28. The van der Waals surface area contributed by atoms with Gasteiger partial charge in [0.25, 0.3) is 0 Å². The number of rotatable bonds is 3. The Bertz CT molecular complexity index is 262. The van der Waals surface area contributed by atoms with Crippen molar-refractivity contribution in [2.75, 3.05) is 6.61 Å². The maximum atomic E-state index is 5.21. The van der Waals surface area contributed by atoms with Gasteiger partial charge in [-0.2, -0.15) is 5.10 Å². The SMILES string of the molecule is [CH2-]COCc1cc2n(n1)CCCC2.[Y]. The molecule has 1 aliphatic rings. The molecule has 0 spiro atoms. The summed E-state index contributed by atoms with van der Waals surface area (Å²) >= 11 is 0. The van der Waals surface area contributed by atoms with Gasteiger partial charge in [0.05, 0.1) is 12.3 Å². The molecule has 0 aliphatic carbocycles. The fourth-order valence-corrected chi connectivity index (χ4v) is 1.72. The molecule has 75 valence electrons. The van der Waals surface area contributed by atoms with Crippen molar-refractivity contribution in [1.29, 1.82) is 0 Å². The second-order valence-electron chi connectivity index (χ2n) is 3.36. The minimum Gasteiger partial charge on any atom is -0.407 e. The van der Waals surface area contributed by atoms with Gasteiger partial charge in [-0.1, -0.05) is 6.61 Å². The van der Waals surface area contributed by atoms with Crippen LogP contribution >= 0.6 is 0 Å². The molecule has 4 heteroatoms. The first-order valence-electron chi connectivity index (χ1n) is 4.83. The van der Waals surface area contributed by atoms with Crippen LogP contribution in [0.15, 0.2) is 6.07 Å². The monoisotopic (exact) mass is 268 g/mol. The second-order valence-corrected chi connectivity index (χ2v) is 3.36. The van der Waals surface area contributed by atoms with Gasteiger partial charge in [0, 0.05) is 44.9 Å². The van der Waals surface area contributed by atoms with Crippen molar-refractivity contribution >= 4 is 0 Å². The molecule has 0 N–H and O–H groups in total. The Morgan fingerprint density at radius 3 is 3.07 bits per heavy atom. The minimum absolute atomic E-state index is 0. The predicted molar refractivity (Wildman–Crippen MR) is 50.2 cm³/mol. The van der Waals surface area contributed by atoms with Crippen molar-refractivity contribution in [2.24, 2.45) is 0 Å². The Morgan fingerprint density at radius 2 is 2.36 bits per heavy atom. The summed E-state index contributed by atoms with van der Waals surface area (Å²) < 4.78 is 7.31. The third-order valence-electron chi connectivity index (χ3n) is 2.36. The molecule has 0 atom stereocenters. The van der Waals surface area contributed by atoms with Crippen molar-refractivity contribution in [2.45, 2.75) is 32.4 Å². The third-order valence-corrected chi connectivity index (χ3v) is 2.36. The molecule has 14 heavy (non-hydrogen) atoms. The maximum absolute atomic E-state index is 5.21. The van der Waals surface area contributed by atoms with Crippen LogP contribution in [0.25, 0.3) is 0 Å². The summed E-state index contributed by atoms with van der Waals surface area (Å²) in [6, 6.07) is 2.15. The molecule has 0 saturated heterocycles. The van der Waals surface area contributed by atoms with Gasteiger partial charge in [0.1, 0.15) is 0 Å². The van der Waals surface area contributed by atoms with Crippen molar-refractivity contribution in [3.05, 3.63) is 24.4 Å². The van der Waals surface area contributed by atoms with Crippen LogP contribution in [0.5, 0.6) is 0 Å². The standard InChI is InChI=1S/C10H15N2O.Y/c1-2-13-8-9-7-10-5-3-4-6-12(10)11-9;/h7H,1-6,8H2;/q-1;. The Morgan fingerprint density at radius 1 is 1.50 bits per heavy atom. The number of ether oxygens (including phenoxy) is 1. The summed E-state index contributed by atoms with van der Waals surface area (Å²) in [5.74, 6) is 0.